The Hall–Kier alpha value is -2.60. The van der Waals surface area contributed by atoms with Gasteiger partial charge in [-0.05, 0) is 22.3 Å². The zero-order valence-electron chi connectivity index (χ0n) is 15.3. The average Bonchev–Trinajstić information content (AvgIpc) is 3.19. The number of aromatic nitrogens is 2. The van der Waals surface area contributed by atoms with Crippen LogP contribution in [0.25, 0.3) is 33.3 Å². The third-order valence-corrected chi connectivity index (χ3v) is 5.10. The minimum Gasteiger partial charge on any atom is -0.380 e. The van der Waals surface area contributed by atoms with E-state index >= 15 is 0 Å². The summed E-state index contributed by atoms with van der Waals surface area (Å²) in [4.78, 5) is 0. The van der Waals surface area contributed by atoms with Gasteiger partial charge in [0.1, 0.15) is 11.0 Å². The number of methoxy groups -OCH3 is 2. The standard InChI is InChI=1S/C22H20N2O2S/c1-25-13-15-3-7-17(8-4-15)19-11-12-20(22-21(19)23-27-24-22)18-9-5-16(6-10-18)14-26-2/h3-12H,13-14H2,1-2H3. The summed E-state index contributed by atoms with van der Waals surface area (Å²) in [5.74, 6) is 0. The molecule has 0 aliphatic heterocycles. The molecular weight excluding hydrogens is 356 g/mol. The molecule has 0 aliphatic rings. The first kappa shape index (κ1) is 17.8. The van der Waals surface area contributed by atoms with Crippen LogP contribution in [0.15, 0.2) is 60.7 Å². The number of hydrogen-bond acceptors (Lipinski definition) is 5. The fourth-order valence-electron chi connectivity index (χ4n) is 3.23. The van der Waals surface area contributed by atoms with Gasteiger partial charge in [0.15, 0.2) is 0 Å². The molecule has 136 valence electrons. The number of hydrogen-bond donors (Lipinski definition) is 0. The van der Waals surface area contributed by atoms with Gasteiger partial charge in [0.25, 0.3) is 0 Å². The summed E-state index contributed by atoms with van der Waals surface area (Å²) in [6.07, 6.45) is 0. The van der Waals surface area contributed by atoms with Crippen LogP contribution in [-0.4, -0.2) is 23.0 Å². The predicted octanol–water partition coefficient (Wildman–Crippen LogP) is 5.32. The van der Waals surface area contributed by atoms with E-state index in [4.69, 9.17) is 9.47 Å². The van der Waals surface area contributed by atoms with Gasteiger partial charge in [-0.1, -0.05) is 60.7 Å². The van der Waals surface area contributed by atoms with E-state index in [0.717, 1.165) is 44.4 Å². The van der Waals surface area contributed by atoms with E-state index in [2.05, 4.69) is 69.4 Å². The minimum absolute atomic E-state index is 0.617. The van der Waals surface area contributed by atoms with Crippen molar-refractivity contribution in [2.24, 2.45) is 0 Å². The lowest BCUT2D eigenvalue weighted by atomic mass is 9.97. The molecule has 0 fully saturated rings. The SMILES string of the molecule is COCc1ccc(-c2ccc(-c3ccc(COC)cc3)c3nsnc23)cc1. The number of fused-ring (bicyclic) bond motifs is 1. The Morgan fingerprint density at radius 2 is 1.04 bits per heavy atom. The highest BCUT2D eigenvalue weighted by atomic mass is 32.1. The molecule has 0 spiro atoms. The van der Waals surface area contributed by atoms with Crippen molar-refractivity contribution in [3.63, 3.8) is 0 Å². The lowest BCUT2D eigenvalue weighted by Crippen LogP contribution is -1.89. The molecule has 0 atom stereocenters. The van der Waals surface area contributed by atoms with Gasteiger partial charge in [-0.2, -0.15) is 8.75 Å². The highest BCUT2D eigenvalue weighted by Crippen LogP contribution is 2.34. The van der Waals surface area contributed by atoms with Crippen LogP contribution in [0.3, 0.4) is 0 Å². The summed E-state index contributed by atoms with van der Waals surface area (Å²) in [5.41, 5.74) is 8.66. The molecule has 0 saturated carbocycles. The first-order chi connectivity index (χ1) is 13.3. The molecule has 0 N–H and O–H groups in total. The zero-order valence-corrected chi connectivity index (χ0v) is 16.1. The Labute approximate surface area is 162 Å². The largest absolute Gasteiger partial charge is 0.380 e. The highest BCUT2D eigenvalue weighted by molar-refractivity contribution is 7.00. The summed E-state index contributed by atoms with van der Waals surface area (Å²) >= 11 is 1.25. The third-order valence-electron chi connectivity index (χ3n) is 4.57. The van der Waals surface area contributed by atoms with Crippen molar-refractivity contribution in [3.05, 3.63) is 71.8 Å². The number of ether oxygens (including phenoxy) is 2. The summed E-state index contributed by atoms with van der Waals surface area (Å²) in [6, 6.07) is 21.1. The van der Waals surface area contributed by atoms with Crippen LogP contribution in [0, 0.1) is 0 Å². The highest BCUT2D eigenvalue weighted by Gasteiger charge is 2.13. The van der Waals surface area contributed by atoms with Gasteiger partial charge in [-0.3, -0.25) is 0 Å². The maximum Gasteiger partial charge on any atom is 0.113 e. The van der Waals surface area contributed by atoms with Crippen LogP contribution in [0.2, 0.25) is 0 Å². The van der Waals surface area contributed by atoms with Crippen molar-refractivity contribution >= 4 is 22.8 Å². The Bertz CT molecular complexity index is 957. The molecule has 0 bridgehead atoms. The maximum atomic E-state index is 5.19. The number of benzene rings is 3. The summed E-state index contributed by atoms with van der Waals surface area (Å²) in [7, 11) is 3.41. The molecule has 0 aliphatic carbocycles. The second-order valence-electron chi connectivity index (χ2n) is 6.38. The first-order valence-corrected chi connectivity index (χ1v) is 9.45. The first-order valence-electron chi connectivity index (χ1n) is 8.72. The maximum absolute atomic E-state index is 5.19. The predicted molar refractivity (Wildman–Crippen MR) is 110 cm³/mol. The molecule has 4 aromatic rings. The van der Waals surface area contributed by atoms with Gasteiger partial charge < -0.3 is 9.47 Å². The molecule has 5 heteroatoms. The average molecular weight is 376 g/mol. The van der Waals surface area contributed by atoms with E-state index in [9.17, 15) is 0 Å². The lowest BCUT2D eigenvalue weighted by Gasteiger charge is -2.09. The molecule has 0 radical (unpaired) electrons. The fraction of sp³-hybridized carbons (Fsp3) is 0.182. The van der Waals surface area contributed by atoms with Crippen LogP contribution < -0.4 is 0 Å². The molecule has 0 saturated heterocycles. The molecule has 4 rings (SSSR count). The summed E-state index contributed by atoms with van der Waals surface area (Å²) in [5, 5.41) is 0. The molecule has 0 amide bonds. The zero-order chi connectivity index (χ0) is 18.6. The topological polar surface area (TPSA) is 44.2 Å². The van der Waals surface area contributed by atoms with E-state index in [1.807, 2.05) is 0 Å². The van der Waals surface area contributed by atoms with E-state index in [-0.39, 0.29) is 0 Å². The van der Waals surface area contributed by atoms with Crippen molar-refractivity contribution in [3.8, 4) is 22.3 Å². The Balaban J connectivity index is 1.74. The molecule has 3 aromatic carbocycles. The monoisotopic (exact) mass is 376 g/mol. The van der Waals surface area contributed by atoms with Gasteiger partial charge in [0.2, 0.25) is 0 Å². The smallest absolute Gasteiger partial charge is 0.113 e. The second-order valence-corrected chi connectivity index (χ2v) is 6.91. The van der Waals surface area contributed by atoms with Crippen molar-refractivity contribution in [2.75, 3.05) is 14.2 Å². The van der Waals surface area contributed by atoms with Crippen LogP contribution in [0.4, 0.5) is 0 Å². The molecule has 27 heavy (non-hydrogen) atoms. The Morgan fingerprint density at radius 1 is 0.630 bits per heavy atom. The molecular formula is C22H20N2O2S. The molecule has 0 unspecified atom stereocenters. The van der Waals surface area contributed by atoms with E-state index < -0.39 is 0 Å². The van der Waals surface area contributed by atoms with Crippen molar-refractivity contribution in [1.29, 1.82) is 0 Å². The Morgan fingerprint density at radius 3 is 1.41 bits per heavy atom. The van der Waals surface area contributed by atoms with Crippen LogP contribution >= 0.6 is 11.7 Å². The lowest BCUT2D eigenvalue weighted by molar-refractivity contribution is 0.185. The van der Waals surface area contributed by atoms with E-state index in [1.165, 1.54) is 11.7 Å². The summed E-state index contributed by atoms with van der Waals surface area (Å²) < 4.78 is 19.5. The van der Waals surface area contributed by atoms with Crippen LogP contribution in [0.1, 0.15) is 11.1 Å². The summed E-state index contributed by atoms with van der Waals surface area (Å²) in [6.45, 7) is 1.23. The van der Waals surface area contributed by atoms with Gasteiger partial charge in [-0.25, -0.2) is 0 Å². The van der Waals surface area contributed by atoms with E-state index in [0.29, 0.717) is 13.2 Å². The van der Waals surface area contributed by atoms with Crippen molar-refractivity contribution < 1.29 is 9.47 Å². The minimum atomic E-state index is 0.617. The normalized spacial score (nSPS) is 11.2. The fourth-order valence-corrected chi connectivity index (χ4v) is 3.80. The second kappa shape index (κ2) is 7.96. The number of rotatable bonds is 6. The van der Waals surface area contributed by atoms with Gasteiger partial charge >= 0.3 is 0 Å². The van der Waals surface area contributed by atoms with Gasteiger partial charge in [0, 0.05) is 25.3 Å². The quantitative estimate of drug-likeness (QED) is 0.457. The Kier molecular flexibility index (Phi) is 5.25. The van der Waals surface area contributed by atoms with Crippen molar-refractivity contribution in [1.82, 2.24) is 8.75 Å². The third kappa shape index (κ3) is 3.62. The van der Waals surface area contributed by atoms with Gasteiger partial charge in [0.05, 0.1) is 24.9 Å². The molecule has 1 aromatic heterocycles. The van der Waals surface area contributed by atoms with Crippen LogP contribution in [0.5, 0.6) is 0 Å². The molecule has 1 heterocycles. The van der Waals surface area contributed by atoms with E-state index in [1.54, 1.807) is 14.2 Å². The van der Waals surface area contributed by atoms with Gasteiger partial charge in [-0.15, -0.1) is 0 Å². The molecule has 4 nitrogen and oxygen atoms in total. The number of nitrogens with zero attached hydrogens (tertiary/aromatic N) is 2. The van der Waals surface area contributed by atoms with Crippen molar-refractivity contribution in [2.45, 2.75) is 13.2 Å². The van der Waals surface area contributed by atoms with Crippen LogP contribution in [-0.2, 0) is 22.7 Å².